The van der Waals surface area contributed by atoms with E-state index in [1.54, 1.807) is 0 Å². The number of hydrogen-bond donors (Lipinski definition) is 1. The Morgan fingerprint density at radius 2 is 2.06 bits per heavy atom. The summed E-state index contributed by atoms with van der Waals surface area (Å²) < 4.78 is 13.0. The van der Waals surface area contributed by atoms with Gasteiger partial charge in [0, 0.05) is 31.7 Å². The van der Waals surface area contributed by atoms with Crippen molar-refractivity contribution >= 4 is 6.21 Å². The standard InChI is InChI=1S/C12H15FN3O/c1-15-5-7-16(8-6-15)14-9-10-3-2-4-11(13)12(10)17/h3-4,9,17H,5-8H2,1H3. The van der Waals surface area contributed by atoms with Gasteiger partial charge in [-0.15, -0.1) is 0 Å². The van der Waals surface area contributed by atoms with E-state index >= 15 is 0 Å². The van der Waals surface area contributed by atoms with Gasteiger partial charge in [-0.2, -0.15) is 5.10 Å². The van der Waals surface area contributed by atoms with E-state index in [9.17, 15) is 9.50 Å². The number of piperazine rings is 1. The topological polar surface area (TPSA) is 39.1 Å². The Bertz CT molecular complexity index is 414. The Labute approximate surface area is 100.0 Å². The first-order valence-corrected chi connectivity index (χ1v) is 5.53. The van der Waals surface area contributed by atoms with Crippen molar-refractivity contribution in [1.29, 1.82) is 0 Å². The summed E-state index contributed by atoms with van der Waals surface area (Å²) >= 11 is 0. The fraction of sp³-hybridized carbons (Fsp3) is 0.417. The minimum atomic E-state index is -0.674. The first-order chi connectivity index (χ1) is 8.16. The molecular weight excluding hydrogens is 221 g/mol. The lowest BCUT2D eigenvalue weighted by molar-refractivity contribution is 0.159. The lowest BCUT2D eigenvalue weighted by Crippen LogP contribution is -2.41. The number of hydrazone groups is 1. The van der Waals surface area contributed by atoms with Crippen molar-refractivity contribution in [2.24, 2.45) is 5.10 Å². The third-order valence-electron chi connectivity index (χ3n) is 2.79. The molecule has 0 aromatic heterocycles. The van der Waals surface area contributed by atoms with Crippen LogP contribution in [0.3, 0.4) is 0 Å². The maximum absolute atomic E-state index is 13.0. The molecule has 1 heterocycles. The van der Waals surface area contributed by atoms with Gasteiger partial charge in [-0.25, -0.2) is 4.39 Å². The van der Waals surface area contributed by atoms with Crippen molar-refractivity contribution in [3.05, 3.63) is 29.6 Å². The number of phenols is 1. The van der Waals surface area contributed by atoms with Crippen molar-refractivity contribution in [3.63, 3.8) is 0 Å². The molecular formula is C12H15FN3O. The molecule has 91 valence electrons. The van der Waals surface area contributed by atoms with E-state index in [4.69, 9.17) is 0 Å². The molecule has 0 aliphatic carbocycles. The second-order valence-corrected chi connectivity index (χ2v) is 4.11. The zero-order chi connectivity index (χ0) is 12.3. The Morgan fingerprint density at radius 1 is 1.35 bits per heavy atom. The van der Waals surface area contributed by atoms with Crippen LogP contribution in [0.4, 0.5) is 4.39 Å². The molecule has 1 aromatic carbocycles. The van der Waals surface area contributed by atoms with E-state index in [0.717, 1.165) is 32.2 Å². The molecule has 0 amide bonds. The van der Waals surface area contributed by atoms with Crippen molar-refractivity contribution in [1.82, 2.24) is 9.91 Å². The number of benzene rings is 1. The van der Waals surface area contributed by atoms with Gasteiger partial charge in [0.25, 0.3) is 0 Å². The van der Waals surface area contributed by atoms with Gasteiger partial charge in [-0.3, -0.25) is 5.01 Å². The van der Waals surface area contributed by atoms with E-state index < -0.39 is 5.82 Å². The predicted octanol–water partition coefficient (Wildman–Crippen LogP) is 0.913. The highest BCUT2D eigenvalue weighted by Gasteiger charge is 2.11. The maximum atomic E-state index is 13.0. The van der Waals surface area contributed by atoms with Gasteiger partial charge in [-0.1, -0.05) is 0 Å². The second-order valence-electron chi connectivity index (χ2n) is 4.11. The Balaban J connectivity index is 2.03. The van der Waals surface area contributed by atoms with E-state index in [-0.39, 0.29) is 5.75 Å². The third kappa shape index (κ3) is 2.94. The van der Waals surface area contributed by atoms with E-state index in [2.05, 4.69) is 23.1 Å². The van der Waals surface area contributed by atoms with E-state index in [1.165, 1.54) is 12.3 Å². The lowest BCUT2D eigenvalue weighted by Gasteiger charge is -2.30. The van der Waals surface area contributed by atoms with Gasteiger partial charge >= 0.3 is 0 Å². The van der Waals surface area contributed by atoms with Crippen molar-refractivity contribution in [3.8, 4) is 5.75 Å². The maximum Gasteiger partial charge on any atom is 0.166 e. The van der Waals surface area contributed by atoms with Gasteiger partial charge in [0.1, 0.15) is 0 Å². The molecule has 0 saturated carbocycles. The quantitative estimate of drug-likeness (QED) is 0.776. The molecule has 0 bridgehead atoms. The first-order valence-electron chi connectivity index (χ1n) is 5.53. The lowest BCUT2D eigenvalue weighted by atomic mass is 10.2. The summed E-state index contributed by atoms with van der Waals surface area (Å²) in [7, 11) is 2.06. The summed E-state index contributed by atoms with van der Waals surface area (Å²) in [4.78, 5) is 2.22. The molecule has 0 unspecified atom stereocenters. The zero-order valence-corrected chi connectivity index (χ0v) is 9.73. The molecule has 0 atom stereocenters. The molecule has 5 heteroatoms. The van der Waals surface area contributed by atoms with Crippen molar-refractivity contribution < 1.29 is 9.50 Å². The molecule has 1 aliphatic heterocycles. The predicted molar refractivity (Wildman–Crippen MR) is 63.6 cm³/mol. The molecule has 1 aromatic rings. The third-order valence-corrected chi connectivity index (χ3v) is 2.79. The summed E-state index contributed by atoms with van der Waals surface area (Å²) in [5, 5.41) is 15.6. The van der Waals surface area contributed by atoms with Crippen LogP contribution < -0.4 is 0 Å². The number of phenolic OH excluding ortho intramolecular Hbond substituents is 1. The molecule has 1 aliphatic rings. The highest BCUT2D eigenvalue weighted by atomic mass is 19.1. The van der Waals surface area contributed by atoms with Crippen LogP contribution in [0.5, 0.6) is 5.75 Å². The van der Waals surface area contributed by atoms with Crippen LogP contribution >= 0.6 is 0 Å². The average molecular weight is 236 g/mol. The van der Waals surface area contributed by atoms with Crippen LogP contribution in [0.15, 0.2) is 17.2 Å². The van der Waals surface area contributed by atoms with Crippen LogP contribution in [-0.4, -0.2) is 54.5 Å². The number of rotatable bonds is 2. The molecule has 1 fully saturated rings. The Morgan fingerprint density at radius 3 is 2.76 bits per heavy atom. The van der Waals surface area contributed by atoms with E-state index in [1.807, 2.05) is 5.01 Å². The van der Waals surface area contributed by atoms with Gasteiger partial charge in [0.2, 0.25) is 0 Å². The van der Waals surface area contributed by atoms with Crippen LogP contribution in [0.1, 0.15) is 5.56 Å². The highest BCUT2D eigenvalue weighted by molar-refractivity contribution is 5.83. The normalized spacial score (nSPS) is 17.9. The summed E-state index contributed by atoms with van der Waals surface area (Å²) in [6.07, 6.45) is 1.47. The SMILES string of the molecule is CN1CCN(N=Cc2c[c]cc(F)c2O)CC1. The number of hydrogen-bond acceptors (Lipinski definition) is 4. The Hall–Kier alpha value is -1.62. The van der Waals surface area contributed by atoms with E-state index in [0.29, 0.717) is 5.56 Å². The van der Waals surface area contributed by atoms with Gasteiger partial charge in [-0.05, 0) is 25.2 Å². The number of likely N-dealkylation sites (N-methyl/N-ethyl adjacent to an activating group) is 1. The molecule has 4 nitrogen and oxygen atoms in total. The molecule has 2 rings (SSSR count). The van der Waals surface area contributed by atoms with Crippen LogP contribution in [0.25, 0.3) is 0 Å². The van der Waals surface area contributed by atoms with Crippen molar-refractivity contribution in [2.45, 2.75) is 0 Å². The Kier molecular flexibility index (Phi) is 3.58. The smallest absolute Gasteiger partial charge is 0.166 e. The first kappa shape index (κ1) is 11.9. The highest BCUT2D eigenvalue weighted by Crippen LogP contribution is 2.18. The average Bonchev–Trinajstić information content (AvgIpc) is 2.33. The van der Waals surface area contributed by atoms with Crippen molar-refractivity contribution in [2.75, 3.05) is 33.2 Å². The van der Waals surface area contributed by atoms with Gasteiger partial charge < -0.3 is 10.0 Å². The summed E-state index contributed by atoms with van der Waals surface area (Å²) in [6, 6.07) is 5.22. The largest absolute Gasteiger partial charge is 0.504 e. The molecule has 1 saturated heterocycles. The van der Waals surface area contributed by atoms with Gasteiger partial charge in [0.15, 0.2) is 11.6 Å². The summed E-state index contributed by atoms with van der Waals surface area (Å²) in [5.41, 5.74) is 0.351. The molecule has 17 heavy (non-hydrogen) atoms. The fourth-order valence-electron chi connectivity index (χ4n) is 1.63. The molecule has 1 radical (unpaired) electrons. The zero-order valence-electron chi connectivity index (χ0n) is 9.73. The van der Waals surface area contributed by atoms with Crippen LogP contribution in [-0.2, 0) is 0 Å². The van der Waals surface area contributed by atoms with Crippen LogP contribution in [0.2, 0.25) is 0 Å². The van der Waals surface area contributed by atoms with Crippen LogP contribution in [0, 0.1) is 11.9 Å². The number of aromatic hydroxyl groups is 1. The fourth-order valence-corrected chi connectivity index (χ4v) is 1.63. The monoisotopic (exact) mass is 236 g/mol. The number of nitrogens with zero attached hydrogens (tertiary/aromatic N) is 3. The molecule has 1 N–H and O–H groups in total. The summed E-state index contributed by atoms with van der Waals surface area (Å²) in [5.74, 6) is -1.05. The minimum Gasteiger partial charge on any atom is -0.504 e. The second kappa shape index (κ2) is 5.14. The number of halogens is 1. The summed E-state index contributed by atoms with van der Waals surface area (Å²) in [6.45, 7) is 3.59. The minimum absolute atomic E-state index is 0.351. The van der Waals surface area contributed by atoms with Gasteiger partial charge in [0.05, 0.1) is 6.21 Å². The molecule has 0 spiro atoms.